The van der Waals surface area contributed by atoms with Crippen LogP contribution in [0.25, 0.3) is 0 Å². The van der Waals surface area contributed by atoms with Gasteiger partial charge in [0.1, 0.15) is 5.78 Å². The van der Waals surface area contributed by atoms with Crippen LogP contribution >= 0.6 is 15.9 Å². The van der Waals surface area contributed by atoms with E-state index in [1.54, 1.807) is 13.0 Å². The van der Waals surface area contributed by atoms with Gasteiger partial charge in [-0.1, -0.05) is 6.07 Å². The van der Waals surface area contributed by atoms with E-state index in [2.05, 4.69) is 15.9 Å². The number of carbonyl (C=O) groups excluding carboxylic acids is 1. The lowest BCUT2D eigenvalue weighted by Crippen LogP contribution is -2.17. The molecule has 1 aliphatic carbocycles. The summed E-state index contributed by atoms with van der Waals surface area (Å²) < 4.78 is 5.58. The van der Waals surface area contributed by atoms with Gasteiger partial charge >= 0.3 is 0 Å². The molecule has 0 unspecified atom stereocenters. The van der Waals surface area contributed by atoms with Crippen LogP contribution in [0.5, 0.6) is 11.5 Å². The minimum absolute atomic E-state index is 0.0625. The van der Waals surface area contributed by atoms with Crippen molar-refractivity contribution in [2.24, 2.45) is 0 Å². The van der Waals surface area contributed by atoms with Crippen molar-refractivity contribution in [1.29, 1.82) is 0 Å². The van der Waals surface area contributed by atoms with Crippen LogP contribution in [0.1, 0.15) is 25.3 Å². The number of benzene rings is 1. The highest BCUT2D eigenvalue weighted by atomic mass is 79.9. The minimum atomic E-state index is -0.386. The third-order valence-electron chi connectivity index (χ3n) is 3.24. The number of ether oxygens (including phenoxy) is 1. The first-order valence-corrected chi connectivity index (χ1v) is 5.89. The van der Waals surface area contributed by atoms with E-state index in [0.717, 1.165) is 18.4 Å². The Morgan fingerprint density at radius 1 is 1.50 bits per heavy atom. The molecule has 0 heterocycles. The Labute approximate surface area is 103 Å². The molecule has 1 fully saturated rings. The van der Waals surface area contributed by atoms with Gasteiger partial charge in [0.25, 0.3) is 0 Å². The topological polar surface area (TPSA) is 46.5 Å². The van der Waals surface area contributed by atoms with Crippen LogP contribution in [0.4, 0.5) is 0 Å². The van der Waals surface area contributed by atoms with Crippen molar-refractivity contribution in [2.45, 2.75) is 25.2 Å². The van der Waals surface area contributed by atoms with E-state index in [-0.39, 0.29) is 16.9 Å². The number of phenolic OH excluding ortho intramolecular Hbond substituents is 1. The van der Waals surface area contributed by atoms with E-state index in [4.69, 9.17) is 4.74 Å². The fraction of sp³-hybridized carbons (Fsp3) is 0.417. The summed E-state index contributed by atoms with van der Waals surface area (Å²) in [7, 11) is 1.50. The first-order chi connectivity index (χ1) is 7.53. The molecule has 2 rings (SSSR count). The van der Waals surface area contributed by atoms with Crippen LogP contribution in [-0.4, -0.2) is 18.0 Å². The van der Waals surface area contributed by atoms with Gasteiger partial charge in [0.2, 0.25) is 0 Å². The van der Waals surface area contributed by atoms with Crippen LogP contribution < -0.4 is 4.74 Å². The van der Waals surface area contributed by atoms with E-state index < -0.39 is 0 Å². The summed E-state index contributed by atoms with van der Waals surface area (Å²) in [5.41, 5.74) is 0.473. The molecule has 1 aliphatic rings. The highest BCUT2D eigenvalue weighted by Crippen LogP contribution is 2.53. The Morgan fingerprint density at radius 3 is 2.56 bits per heavy atom. The number of rotatable bonds is 3. The molecule has 1 saturated carbocycles. The number of hydrogen-bond acceptors (Lipinski definition) is 3. The van der Waals surface area contributed by atoms with E-state index in [1.165, 1.54) is 7.11 Å². The molecular formula is C12H13BrO3. The maximum atomic E-state index is 11.6. The zero-order valence-corrected chi connectivity index (χ0v) is 10.8. The number of carbonyl (C=O) groups is 1. The summed E-state index contributed by atoms with van der Waals surface area (Å²) in [6.07, 6.45) is 1.71. The largest absolute Gasteiger partial charge is 0.503 e. The second-order valence-corrected chi connectivity index (χ2v) is 4.91. The fourth-order valence-electron chi connectivity index (χ4n) is 2.02. The van der Waals surface area contributed by atoms with E-state index >= 15 is 0 Å². The van der Waals surface area contributed by atoms with Crippen molar-refractivity contribution in [1.82, 2.24) is 0 Å². The van der Waals surface area contributed by atoms with Crippen molar-refractivity contribution in [2.75, 3.05) is 7.11 Å². The maximum absolute atomic E-state index is 11.6. The van der Waals surface area contributed by atoms with Gasteiger partial charge in [-0.3, -0.25) is 4.79 Å². The van der Waals surface area contributed by atoms with E-state index in [0.29, 0.717) is 10.2 Å². The van der Waals surface area contributed by atoms with Gasteiger partial charge in [0.05, 0.1) is 17.0 Å². The van der Waals surface area contributed by atoms with Gasteiger partial charge in [-0.2, -0.15) is 0 Å². The highest BCUT2D eigenvalue weighted by Gasteiger charge is 2.50. The van der Waals surface area contributed by atoms with Gasteiger partial charge in [-0.25, -0.2) is 0 Å². The normalized spacial score (nSPS) is 16.9. The molecule has 1 aromatic carbocycles. The van der Waals surface area contributed by atoms with Gasteiger partial charge in [-0.05, 0) is 47.3 Å². The molecule has 0 aliphatic heterocycles. The number of hydrogen-bond donors (Lipinski definition) is 1. The van der Waals surface area contributed by atoms with Gasteiger partial charge in [0, 0.05) is 0 Å². The van der Waals surface area contributed by atoms with E-state index in [9.17, 15) is 9.90 Å². The fourth-order valence-corrected chi connectivity index (χ4v) is 2.72. The Balaban J connectivity index is 2.52. The lowest BCUT2D eigenvalue weighted by molar-refractivity contribution is -0.119. The van der Waals surface area contributed by atoms with Crippen LogP contribution in [0.2, 0.25) is 0 Å². The molecular weight excluding hydrogens is 272 g/mol. The second kappa shape index (κ2) is 3.77. The minimum Gasteiger partial charge on any atom is -0.503 e. The second-order valence-electron chi connectivity index (χ2n) is 4.12. The number of aromatic hydroxyl groups is 1. The van der Waals surface area contributed by atoms with Gasteiger partial charge in [0.15, 0.2) is 11.5 Å². The summed E-state index contributed by atoms with van der Waals surface area (Å²) in [4.78, 5) is 11.6. The molecule has 0 radical (unpaired) electrons. The van der Waals surface area contributed by atoms with Gasteiger partial charge < -0.3 is 9.84 Å². The molecule has 86 valence electrons. The summed E-state index contributed by atoms with van der Waals surface area (Å²) in [6, 6.07) is 3.54. The Bertz CT molecular complexity index is 450. The number of methoxy groups -OCH3 is 1. The molecule has 1 N–H and O–H groups in total. The molecule has 16 heavy (non-hydrogen) atoms. The smallest absolute Gasteiger partial charge is 0.172 e. The Hall–Kier alpha value is -1.03. The SMILES string of the molecule is COc1ccc(C2(C(C)=O)CC2)c(Br)c1O. The molecule has 3 nitrogen and oxygen atoms in total. The van der Waals surface area contributed by atoms with Crippen molar-refractivity contribution >= 4 is 21.7 Å². The molecule has 0 bridgehead atoms. The van der Waals surface area contributed by atoms with Crippen molar-refractivity contribution in [3.8, 4) is 11.5 Å². The predicted molar refractivity (Wildman–Crippen MR) is 64.0 cm³/mol. The molecule has 4 heteroatoms. The first-order valence-electron chi connectivity index (χ1n) is 5.10. The van der Waals surface area contributed by atoms with Gasteiger partial charge in [-0.15, -0.1) is 0 Å². The van der Waals surface area contributed by atoms with Crippen LogP contribution in [0.15, 0.2) is 16.6 Å². The quantitative estimate of drug-likeness (QED) is 0.928. The molecule has 1 aromatic rings. The third-order valence-corrected chi connectivity index (χ3v) is 4.04. The lowest BCUT2D eigenvalue weighted by atomic mass is 9.92. The average Bonchev–Trinajstić information content (AvgIpc) is 3.03. The molecule has 0 spiro atoms. The van der Waals surface area contributed by atoms with E-state index in [1.807, 2.05) is 6.07 Å². The van der Waals surface area contributed by atoms with Crippen molar-refractivity contribution in [3.05, 3.63) is 22.2 Å². The number of Topliss-reactive ketones (excluding diaryl/α,β-unsaturated/α-hetero) is 1. The summed E-state index contributed by atoms with van der Waals surface area (Å²) in [6.45, 7) is 1.60. The molecule has 0 amide bonds. The highest BCUT2D eigenvalue weighted by molar-refractivity contribution is 9.10. The number of phenols is 1. The predicted octanol–water partition coefficient (Wildman–Crippen LogP) is 2.78. The Kier molecular flexibility index (Phi) is 2.70. The monoisotopic (exact) mass is 284 g/mol. The maximum Gasteiger partial charge on any atom is 0.172 e. The van der Waals surface area contributed by atoms with Crippen LogP contribution in [0, 0.1) is 0 Å². The third kappa shape index (κ3) is 1.52. The summed E-state index contributed by atoms with van der Waals surface area (Å²) in [5, 5.41) is 9.87. The zero-order valence-electron chi connectivity index (χ0n) is 9.21. The lowest BCUT2D eigenvalue weighted by Gasteiger charge is -2.16. The standard InChI is InChI=1S/C12H13BrO3/c1-7(14)12(5-6-12)8-3-4-9(16-2)11(15)10(8)13/h3-4,15H,5-6H2,1-2H3. The van der Waals surface area contributed by atoms with Crippen molar-refractivity contribution < 1.29 is 14.6 Å². The van der Waals surface area contributed by atoms with Crippen molar-refractivity contribution in [3.63, 3.8) is 0 Å². The number of ketones is 1. The molecule has 0 saturated heterocycles. The summed E-state index contributed by atoms with van der Waals surface area (Å²) in [5.74, 6) is 0.625. The molecule has 0 atom stereocenters. The Morgan fingerprint density at radius 2 is 2.12 bits per heavy atom. The van der Waals surface area contributed by atoms with Crippen LogP contribution in [0.3, 0.4) is 0 Å². The first kappa shape index (κ1) is 11.5. The summed E-state index contributed by atoms with van der Waals surface area (Å²) >= 11 is 3.33. The van der Waals surface area contributed by atoms with Crippen LogP contribution in [-0.2, 0) is 10.2 Å². The molecule has 0 aromatic heterocycles. The zero-order chi connectivity index (χ0) is 11.9. The average molecular weight is 285 g/mol. The number of halogens is 1.